The van der Waals surface area contributed by atoms with Gasteiger partial charge in [-0.05, 0) is 30.3 Å². The molecule has 0 aliphatic heterocycles. The van der Waals surface area contributed by atoms with Crippen molar-refractivity contribution in [3.05, 3.63) is 53.7 Å². The van der Waals surface area contributed by atoms with Crippen LogP contribution in [0.25, 0.3) is 0 Å². The quantitative estimate of drug-likeness (QED) is 0.833. The van der Waals surface area contributed by atoms with E-state index >= 15 is 0 Å². The van der Waals surface area contributed by atoms with Gasteiger partial charge in [-0.15, -0.1) is 0 Å². The molecule has 1 atom stereocenters. The second-order valence-electron chi connectivity index (χ2n) is 4.97. The second kappa shape index (κ2) is 8.76. The largest absolute Gasteiger partial charge is 0.508 e. The van der Waals surface area contributed by atoms with Gasteiger partial charge < -0.3 is 14.6 Å². The first-order chi connectivity index (χ1) is 11.2. The minimum Gasteiger partial charge on any atom is -0.508 e. The standard InChI is InChI=1S/C18H18FNO3/c1-22-12-16(10-19)13-23-18-9-6-15(11-20-18)3-2-14-4-7-17(21)8-5-14/h4-9,11,16,21H,10,12-13H2,1H3. The van der Waals surface area contributed by atoms with E-state index in [1.165, 1.54) is 7.11 Å². The number of aromatic nitrogens is 1. The van der Waals surface area contributed by atoms with Gasteiger partial charge in [0.15, 0.2) is 0 Å². The molecule has 0 amide bonds. The summed E-state index contributed by atoms with van der Waals surface area (Å²) in [4.78, 5) is 4.14. The number of benzene rings is 1. The summed E-state index contributed by atoms with van der Waals surface area (Å²) >= 11 is 0. The normalized spacial score (nSPS) is 11.4. The van der Waals surface area contributed by atoms with E-state index in [0.29, 0.717) is 12.5 Å². The summed E-state index contributed by atoms with van der Waals surface area (Å²) in [5, 5.41) is 9.21. The number of rotatable bonds is 6. The van der Waals surface area contributed by atoms with Crippen molar-refractivity contribution in [2.24, 2.45) is 5.92 Å². The van der Waals surface area contributed by atoms with Crippen LogP contribution in [0.5, 0.6) is 11.6 Å². The summed E-state index contributed by atoms with van der Waals surface area (Å²) in [7, 11) is 1.53. The zero-order valence-electron chi connectivity index (χ0n) is 12.8. The SMILES string of the molecule is COCC(CF)COc1ccc(C#Cc2ccc(O)cc2)cn1. The third kappa shape index (κ3) is 5.61. The molecule has 0 spiro atoms. The predicted molar refractivity (Wildman–Crippen MR) is 85.2 cm³/mol. The van der Waals surface area contributed by atoms with E-state index in [0.717, 1.165) is 11.1 Å². The van der Waals surface area contributed by atoms with E-state index < -0.39 is 6.67 Å². The van der Waals surface area contributed by atoms with Crippen LogP contribution < -0.4 is 4.74 Å². The first kappa shape index (κ1) is 16.8. The van der Waals surface area contributed by atoms with Crippen molar-refractivity contribution >= 4 is 0 Å². The molecule has 0 bridgehead atoms. The highest BCUT2D eigenvalue weighted by atomic mass is 19.1. The van der Waals surface area contributed by atoms with Crippen molar-refractivity contribution in [1.82, 2.24) is 4.98 Å². The zero-order valence-corrected chi connectivity index (χ0v) is 12.8. The summed E-state index contributed by atoms with van der Waals surface area (Å²) in [6, 6.07) is 10.1. The van der Waals surface area contributed by atoms with Gasteiger partial charge in [-0.3, -0.25) is 4.39 Å². The van der Waals surface area contributed by atoms with Gasteiger partial charge in [-0.1, -0.05) is 11.8 Å². The molecule has 0 fully saturated rings. The van der Waals surface area contributed by atoms with Crippen molar-refractivity contribution in [2.75, 3.05) is 27.0 Å². The number of nitrogens with zero attached hydrogens (tertiary/aromatic N) is 1. The maximum atomic E-state index is 12.7. The number of hydrogen-bond donors (Lipinski definition) is 1. The highest BCUT2D eigenvalue weighted by Gasteiger charge is 2.09. The lowest BCUT2D eigenvalue weighted by atomic mass is 10.2. The van der Waals surface area contributed by atoms with Crippen LogP contribution in [0.15, 0.2) is 42.6 Å². The maximum absolute atomic E-state index is 12.7. The van der Waals surface area contributed by atoms with Crippen LogP contribution in [-0.4, -0.2) is 37.1 Å². The third-order valence-electron chi connectivity index (χ3n) is 3.04. The van der Waals surface area contributed by atoms with E-state index in [1.807, 2.05) is 0 Å². The van der Waals surface area contributed by atoms with E-state index in [4.69, 9.17) is 9.47 Å². The Hall–Kier alpha value is -2.58. The number of phenols is 1. The van der Waals surface area contributed by atoms with Crippen LogP contribution in [0.1, 0.15) is 11.1 Å². The van der Waals surface area contributed by atoms with Crippen LogP contribution in [0.2, 0.25) is 0 Å². The van der Waals surface area contributed by atoms with Gasteiger partial charge in [-0.25, -0.2) is 4.98 Å². The molecule has 0 radical (unpaired) electrons. The lowest BCUT2D eigenvalue weighted by Gasteiger charge is -2.12. The first-order valence-electron chi connectivity index (χ1n) is 7.16. The van der Waals surface area contributed by atoms with Crippen LogP contribution in [0.3, 0.4) is 0 Å². The van der Waals surface area contributed by atoms with Gasteiger partial charge in [0.1, 0.15) is 5.75 Å². The summed E-state index contributed by atoms with van der Waals surface area (Å²) in [6.07, 6.45) is 1.60. The Morgan fingerprint density at radius 2 is 1.78 bits per heavy atom. The molecule has 5 heteroatoms. The molecule has 1 aromatic carbocycles. The molecule has 0 saturated carbocycles. The topological polar surface area (TPSA) is 51.6 Å². The summed E-state index contributed by atoms with van der Waals surface area (Å²) < 4.78 is 23.0. The van der Waals surface area contributed by atoms with Gasteiger partial charge in [0.05, 0.1) is 19.9 Å². The lowest BCUT2D eigenvalue weighted by molar-refractivity contribution is 0.101. The number of aromatic hydroxyl groups is 1. The first-order valence-corrected chi connectivity index (χ1v) is 7.16. The van der Waals surface area contributed by atoms with Gasteiger partial charge in [-0.2, -0.15) is 0 Å². The van der Waals surface area contributed by atoms with E-state index in [1.54, 1.807) is 42.6 Å². The lowest BCUT2D eigenvalue weighted by Crippen LogP contribution is -2.19. The number of methoxy groups -OCH3 is 1. The maximum Gasteiger partial charge on any atom is 0.213 e. The van der Waals surface area contributed by atoms with Crippen molar-refractivity contribution < 1.29 is 19.0 Å². The number of alkyl halides is 1. The van der Waals surface area contributed by atoms with Gasteiger partial charge in [0.25, 0.3) is 0 Å². The summed E-state index contributed by atoms with van der Waals surface area (Å²) in [5.41, 5.74) is 1.54. The Morgan fingerprint density at radius 3 is 2.39 bits per heavy atom. The number of pyridine rings is 1. The third-order valence-corrected chi connectivity index (χ3v) is 3.04. The number of phenolic OH excluding ortho intramolecular Hbond substituents is 1. The molecule has 1 heterocycles. The molecule has 0 aliphatic carbocycles. The van der Waals surface area contributed by atoms with Gasteiger partial charge in [0, 0.05) is 36.4 Å². The van der Waals surface area contributed by atoms with Crippen LogP contribution >= 0.6 is 0 Å². The fourth-order valence-electron chi connectivity index (χ4n) is 1.80. The molecule has 2 aromatic rings. The Bertz CT molecular complexity index is 659. The number of halogens is 1. The highest BCUT2D eigenvalue weighted by molar-refractivity contribution is 5.43. The average Bonchev–Trinajstić information content (AvgIpc) is 2.59. The van der Waals surface area contributed by atoms with Crippen LogP contribution in [-0.2, 0) is 4.74 Å². The molecule has 0 aliphatic rings. The highest BCUT2D eigenvalue weighted by Crippen LogP contribution is 2.11. The van der Waals surface area contributed by atoms with E-state index in [-0.39, 0.29) is 18.3 Å². The Morgan fingerprint density at radius 1 is 1.09 bits per heavy atom. The Balaban J connectivity index is 1.93. The Kier molecular flexibility index (Phi) is 6.40. The van der Waals surface area contributed by atoms with Gasteiger partial charge >= 0.3 is 0 Å². The minimum atomic E-state index is -0.496. The van der Waals surface area contributed by atoms with Gasteiger partial charge in [0.2, 0.25) is 5.88 Å². The molecule has 4 nitrogen and oxygen atoms in total. The smallest absolute Gasteiger partial charge is 0.213 e. The monoisotopic (exact) mass is 315 g/mol. The fourth-order valence-corrected chi connectivity index (χ4v) is 1.80. The minimum absolute atomic E-state index is 0.207. The molecular weight excluding hydrogens is 297 g/mol. The molecule has 23 heavy (non-hydrogen) atoms. The second-order valence-corrected chi connectivity index (χ2v) is 4.97. The summed E-state index contributed by atoms with van der Waals surface area (Å²) in [5.74, 6) is 6.29. The number of ether oxygens (including phenoxy) is 2. The molecule has 1 N–H and O–H groups in total. The fraction of sp³-hybridized carbons (Fsp3) is 0.278. The number of hydrogen-bond acceptors (Lipinski definition) is 4. The van der Waals surface area contributed by atoms with Crippen molar-refractivity contribution in [2.45, 2.75) is 0 Å². The zero-order chi connectivity index (χ0) is 16.5. The molecule has 1 aromatic heterocycles. The predicted octanol–water partition coefficient (Wildman–Crippen LogP) is 2.80. The van der Waals surface area contributed by atoms with E-state index in [9.17, 15) is 9.50 Å². The van der Waals surface area contributed by atoms with Crippen molar-refractivity contribution in [3.8, 4) is 23.5 Å². The molecule has 120 valence electrons. The summed E-state index contributed by atoms with van der Waals surface area (Å²) in [6.45, 7) is 0.0343. The average molecular weight is 315 g/mol. The van der Waals surface area contributed by atoms with E-state index in [2.05, 4.69) is 16.8 Å². The van der Waals surface area contributed by atoms with Crippen molar-refractivity contribution in [1.29, 1.82) is 0 Å². The van der Waals surface area contributed by atoms with Crippen molar-refractivity contribution in [3.63, 3.8) is 0 Å². The molecule has 0 saturated heterocycles. The Labute approximate surface area is 134 Å². The van der Waals surface area contributed by atoms with Crippen LogP contribution in [0, 0.1) is 17.8 Å². The molecule has 2 rings (SSSR count). The molecular formula is C18H18FNO3. The van der Waals surface area contributed by atoms with Crippen LogP contribution in [0.4, 0.5) is 4.39 Å². The molecule has 1 unspecified atom stereocenters.